The lowest BCUT2D eigenvalue weighted by Gasteiger charge is -2.43. The first kappa shape index (κ1) is 22.5. The normalized spacial score (nSPS) is 25.2. The van der Waals surface area contributed by atoms with Gasteiger partial charge in [0.25, 0.3) is 0 Å². The number of pyridine rings is 1. The van der Waals surface area contributed by atoms with E-state index in [1.807, 2.05) is 30.5 Å². The van der Waals surface area contributed by atoms with Crippen LogP contribution in [0.15, 0.2) is 72.9 Å². The van der Waals surface area contributed by atoms with Gasteiger partial charge >= 0.3 is 0 Å². The van der Waals surface area contributed by atoms with Crippen LogP contribution in [0.1, 0.15) is 49.8 Å². The second kappa shape index (κ2) is 8.92. The Morgan fingerprint density at radius 1 is 1.06 bits per heavy atom. The summed E-state index contributed by atoms with van der Waals surface area (Å²) < 4.78 is 5.50. The fourth-order valence-electron chi connectivity index (χ4n) is 6.64. The lowest BCUT2D eigenvalue weighted by molar-refractivity contribution is -0.00515. The van der Waals surface area contributed by atoms with Gasteiger partial charge in [0.2, 0.25) is 0 Å². The van der Waals surface area contributed by atoms with Crippen LogP contribution < -0.4 is 4.74 Å². The van der Waals surface area contributed by atoms with Crippen LogP contribution in [0.5, 0.6) is 5.75 Å². The Kier molecular flexibility index (Phi) is 5.74. The quantitative estimate of drug-likeness (QED) is 0.352. The molecule has 0 amide bonds. The number of ether oxygens (including phenoxy) is 1. The topological polar surface area (TPSA) is 45.6 Å². The SMILES string of the molecule is CCC1CC12CCN(Cc1cccc3ccccc13)C(C(O)c1ccnc3ccc(OC)cc13)C2. The molecule has 6 rings (SSSR count). The maximum Gasteiger partial charge on any atom is 0.119 e. The standard InChI is InChI=1S/C31H34N2O2/c1-3-23-18-31(23)14-16-33(20-22-9-6-8-21-7-4-5-10-25(21)22)29(19-31)30(34)26-13-15-32-28-12-11-24(35-2)17-27(26)28/h4-13,15,17,23,29-30,34H,3,14,16,18-20H2,1-2H3. The van der Waals surface area contributed by atoms with Gasteiger partial charge in [0.05, 0.1) is 18.7 Å². The Bertz CT molecular complexity index is 1360. The van der Waals surface area contributed by atoms with Crippen LogP contribution in [0.2, 0.25) is 0 Å². The third-order valence-corrected chi connectivity index (χ3v) is 8.75. The molecule has 2 aliphatic rings. The number of rotatable bonds is 6. The summed E-state index contributed by atoms with van der Waals surface area (Å²) in [6.07, 6.45) is 6.06. The van der Waals surface area contributed by atoms with Gasteiger partial charge in [-0.25, -0.2) is 0 Å². The summed E-state index contributed by atoms with van der Waals surface area (Å²) in [6.45, 7) is 4.19. The fourth-order valence-corrected chi connectivity index (χ4v) is 6.64. The molecule has 0 radical (unpaired) electrons. The molecular formula is C31H34N2O2. The third kappa shape index (κ3) is 3.99. The molecule has 4 unspecified atom stereocenters. The average Bonchev–Trinajstić information content (AvgIpc) is 3.60. The van der Waals surface area contributed by atoms with Gasteiger partial charge in [-0.3, -0.25) is 9.88 Å². The maximum atomic E-state index is 12.0. The lowest BCUT2D eigenvalue weighted by atomic mass is 9.81. The van der Waals surface area contributed by atoms with E-state index >= 15 is 0 Å². The van der Waals surface area contributed by atoms with E-state index in [-0.39, 0.29) is 6.04 Å². The van der Waals surface area contributed by atoms with Crippen molar-refractivity contribution in [2.24, 2.45) is 11.3 Å². The number of aliphatic hydroxyl groups is 1. The van der Waals surface area contributed by atoms with Crippen LogP contribution in [-0.2, 0) is 6.54 Å². The maximum absolute atomic E-state index is 12.0. The largest absolute Gasteiger partial charge is 0.497 e. The molecule has 4 nitrogen and oxygen atoms in total. The number of methoxy groups -OCH3 is 1. The zero-order chi connectivity index (χ0) is 24.0. The van der Waals surface area contributed by atoms with Gasteiger partial charge in [-0.1, -0.05) is 55.8 Å². The molecule has 4 heteroatoms. The number of aromatic nitrogens is 1. The monoisotopic (exact) mass is 466 g/mol. The van der Waals surface area contributed by atoms with Crippen LogP contribution >= 0.6 is 0 Å². The van der Waals surface area contributed by atoms with Crippen molar-refractivity contribution in [1.29, 1.82) is 0 Å². The fraction of sp³-hybridized carbons (Fsp3) is 0.387. The number of hydrogen-bond acceptors (Lipinski definition) is 4. The van der Waals surface area contributed by atoms with Crippen molar-refractivity contribution < 1.29 is 9.84 Å². The van der Waals surface area contributed by atoms with Crippen molar-refractivity contribution in [2.45, 2.75) is 51.3 Å². The highest BCUT2D eigenvalue weighted by molar-refractivity contribution is 5.86. The lowest BCUT2D eigenvalue weighted by Crippen LogP contribution is -2.46. The molecule has 0 bridgehead atoms. The van der Waals surface area contributed by atoms with E-state index < -0.39 is 6.10 Å². The number of hydrogen-bond donors (Lipinski definition) is 1. The van der Waals surface area contributed by atoms with E-state index in [2.05, 4.69) is 59.3 Å². The van der Waals surface area contributed by atoms with Crippen LogP contribution in [-0.4, -0.2) is 34.7 Å². The number of fused-ring (bicyclic) bond motifs is 2. The van der Waals surface area contributed by atoms with Gasteiger partial charge in [0.1, 0.15) is 5.75 Å². The summed E-state index contributed by atoms with van der Waals surface area (Å²) in [4.78, 5) is 7.09. The predicted octanol–water partition coefficient (Wildman–Crippen LogP) is 6.51. The van der Waals surface area contributed by atoms with Crippen molar-refractivity contribution in [3.63, 3.8) is 0 Å². The Hall–Kier alpha value is -2.95. The van der Waals surface area contributed by atoms with E-state index in [0.29, 0.717) is 5.41 Å². The Balaban J connectivity index is 1.38. The number of benzene rings is 3. The van der Waals surface area contributed by atoms with Crippen LogP contribution in [0.4, 0.5) is 0 Å². The minimum atomic E-state index is -0.585. The molecule has 3 aromatic carbocycles. The van der Waals surface area contributed by atoms with E-state index in [1.54, 1.807) is 7.11 Å². The van der Waals surface area contributed by atoms with E-state index in [9.17, 15) is 5.11 Å². The second-order valence-corrected chi connectivity index (χ2v) is 10.5. The molecule has 1 aromatic heterocycles. The van der Waals surface area contributed by atoms with Crippen LogP contribution in [0, 0.1) is 11.3 Å². The first-order valence-corrected chi connectivity index (χ1v) is 12.9. The zero-order valence-corrected chi connectivity index (χ0v) is 20.7. The molecule has 35 heavy (non-hydrogen) atoms. The minimum Gasteiger partial charge on any atom is -0.497 e. The minimum absolute atomic E-state index is 0.0658. The molecule has 4 aromatic rings. The molecule has 1 aliphatic carbocycles. The third-order valence-electron chi connectivity index (χ3n) is 8.75. The van der Waals surface area contributed by atoms with Crippen molar-refractivity contribution in [3.05, 3.63) is 84.1 Å². The van der Waals surface area contributed by atoms with Gasteiger partial charge in [0.15, 0.2) is 0 Å². The predicted molar refractivity (Wildman–Crippen MR) is 141 cm³/mol. The summed E-state index contributed by atoms with van der Waals surface area (Å²) in [5.41, 5.74) is 3.58. The summed E-state index contributed by atoms with van der Waals surface area (Å²) in [7, 11) is 1.68. The highest BCUT2D eigenvalue weighted by Crippen LogP contribution is 2.63. The smallest absolute Gasteiger partial charge is 0.119 e. The van der Waals surface area contributed by atoms with E-state index in [4.69, 9.17) is 4.74 Å². The second-order valence-electron chi connectivity index (χ2n) is 10.5. The summed E-state index contributed by atoms with van der Waals surface area (Å²) in [5.74, 6) is 1.59. The van der Waals surface area contributed by atoms with Gasteiger partial charge in [-0.2, -0.15) is 0 Å². The molecule has 4 atom stereocenters. The summed E-state index contributed by atoms with van der Waals surface area (Å²) in [5, 5.41) is 15.5. The molecule has 1 N–H and O–H groups in total. The molecule has 1 saturated heterocycles. The number of nitrogens with zero attached hydrogens (tertiary/aromatic N) is 2. The molecule has 1 saturated carbocycles. The van der Waals surface area contributed by atoms with Gasteiger partial charge in [-0.15, -0.1) is 0 Å². The van der Waals surface area contributed by atoms with Crippen molar-refractivity contribution >= 4 is 21.7 Å². The Morgan fingerprint density at radius 3 is 2.74 bits per heavy atom. The number of aliphatic hydroxyl groups excluding tert-OH is 1. The molecule has 1 aliphatic heterocycles. The van der Waals surface area contributed by atoms with Gasteiger partial charge < -0.3 is 9.84 Å². The first-order valence-electron chi connectivity index (χ1n) is 12.9. The highest BCUT2D eigenvalue weighted by atomic mass is 16.5. The number of likely N-dealkylation sites (tertiary alicyclic amines) is 1. The highest BCUT2D eigenvalue weighted by Gasteiger charge is 2.56. The van der Waals surface area contributed by atoms with Gasteiger partial charge in [0, 0.05) is 24.2 Å². The Labute approximate surface area is 207 Å². The van der Waals surface area contributed by atoms with Crippen molar-refractivity contribution in [2.75, 3.05) is 13.7 Å². The summed E-state index contributed by atoms with van der Waals surface area (Å²) in [6, 6.07) is 23.2. The number of piperidine rings is 1. The van der Waals surface area contributed by atoms with Crippen molar-refractivity contribution in [3.8, 4) is 5.75 Å². The molecule has 1 spiro atoms. The zero-order valence-electron chi connectivity index (χ0n) is 20.7. The van der Waals surface area contributed by atoms with E-state index in [0.717, 1.165) is 47.6 Å². The van der Waals surface area contributed by atoms with Crippen LogP contribution in [0.25, 0.3) is 21.7 Å². The summed E-state index contributed by atoms with van der Waals surface area (Å²) >= 11 is 0. The van der Waals surface area contributed by atoms with Gasteiger partial charge in [-0.05, 0) is 83.3 Å². The molecule has 2 heterocycles. The first-order chi connectivity index (χ1) is 17.1. The molecule has 180 valence electrons. The molecule has 2 fully saturated rings. The van der Waals surface area contributed by atoms with E-state index in [1.165, 1.54) is 35.6 Å². The average molecular weight is 467 g/mol. The Morgan fingerprint density at radius 2 is 1.91 bits per heavy atom. The molecular weight excluding hydrogens is 432 g/mol. The van der Waals surface area contributed by atoms with Crippen LogP contribution in [0.3, 0.4) is 0 Å². The van der Waals surface area contributed by atoms with Crippen molar-refractivity contribution in [1.82, 2.24) is 9.88 Å².